The third-order valence-electron chi connectivity index (χ3n) is 4.51. The average Bonchev–Trinajstić information content (AvgIpc) is 2.54. The second kappa shape index (κ2) is 5.94. The van der Waals surface area contributed by atoms with E-state index in [1.807, 2.05) is 0 Å². The first-order valence-electron chi connectivity index (χ1n) is 7.65. The molecule has 0 saturated heterocycles. The Morgan fingerprint density at radius 3 is 2.71 bits per heavy atom. The Balaban J connectivity index is 2.17. The average molecular weight is 285 g/mol. The van der Waals surface area contributed by atoms with E-state index in [9.17, 15) is 0 Å². The highest BCUT2D eigenvalue weighted by Crippen LogP contribution is 2.45. The van der Waals surface area contributed by atoms with Crippen LogP contribution < -0.4 is 10.5 Å². The number of ether oxygens (including phenoxy) is 2. The Bertz CT molecular complexity index is 614. The van der Waals surface area contributed by atoms with Crippen molar-refractivity contribution >= 4 is 5.57 Å². The van der Waals surface area contributed by atoms with E-state index in [4.69, 9.17) is 15.2 Å². The van der Waals surface area contributed by atoms with E-state index >= 15 is 0 Å². The van der Waals surface area contributed by atoms with Gasteiger partial charge in [0.15, 0.2) is 0 Å². The fourth-order valence-electron chi connectivity index (χ4n) is 3.53. The zero-order valence-corrected chi connectivity index (χ0v) is 12.9. The Hall–Kier alpha value is -1.74. The summed E-state index contributed by atoms with van der Waals surface area (Å²) in [6.45, 7) is 0.737. The molecular weight excluding hydrogens is 262 g/mol. The highest BCUT2D eigenvalue weighted by atomic mass is 16.5. The minimum Gasteiger partial charge on any atom is -0.496 e. The van der Waals surface area contributed by atoms with Gasteiger partial charge in [0.1, 0.15) is 11.5 Å². The van der Waals surface area contributed by atoms with Crippen LogP contribution in [0, 0.1) is 0 Å². The number of hydrogen-bond donors (Lipinski definition) is 1. The van der Waals surface area contributed by atoms with E-state index in [0.717, 1.165) is 50.2 Å². The smallest absolute Gasteiger partial charge is 0.123 e. The van der Waals surface area contributed by atoms with Gasteiger partial charge in [-0.15, -0.1) is 0 Å². The molecule has 0 radical (unpaired) electrons. The summed E-state index contributed by atoms with van der Waals surface area (Å²) in [5.74, 6) is 2.02. The van der Waals surface area contributed by atoms with Crippen molar-refractivity contribution in [2.24, 2.45) is 5.73 Å². The summed E-state index contributed by atoms with van der Waals surface area (Å²) in [6.07, 6.45) is 7.34. The summed E-state index contributed by atoms with van der Waals surface area (Å²) >= 11 is 0. The van der Waals surface area contributed by atoms with Gasteiger partial charge in [-0.05, 0) is 61.9 Å². The van der Waals surface area contributed by atoms with Crippen molar-refractivity contribution in [2.45, 2.75) is 32.1 Å². The predicted molar refractivity (Wildman–Crippen MR) is 85.3 cm³/mol. The van der Waals surface area contributed by atoms with Crippen LogP contribution in [0.25, 0.3) is 5.57 Å². The first-order valence-corrected chi connectivity index (χ1v) is 7.65. The van der Waals surface area contributed by atoms with Gasteiger partial charge in [0.05, 0.1) is 14.2 Å². The monoisotopic (exact) mass is 285 g/mol. The molecule has 2 aliphatic carbocycles. The molecule has 112 valence electrons. The first kappa shape index (κ1) is 14.2. The molecule has 0 saturated carbocycles. The first-order chi connectivity index (χ1) is 10.3. The molecule has 0 aliphatic heterocycles. The maximum absolute atomic E-state index is 5.70. The maximum atomic E-state index is 5.70. The van der Waals surface area contributed by atoms with Gasteiger partial charge >= 0.3 is 0 Å². The van der Waals surface area contributed by atoms with E-state index in [-0.39, 0.29) is 0 Å². The van der Waals surface area contributed by atoms with Crippen molar-refractivity contribution in [1.29, 1.82) is 0 Å². The highest BCUT2D eigenvalue weighted by molar-refractivity contribution is 5.87. The van der Waals surface area contributed by atoms with Crippen molar-refractivity contribution < 1.29 is 9.47 Å². The lowest BCUT2D eigenvalue weighted by molar-refractivity contribution is 0.307. The lowest BCUT2D eigenvalue weighted by Crippen LogP contribution is -2.15. The van der Waals surface area contributed by atoms with Gasteiger partial charge < -0.3 is 15.2 Å². The van der Waals surface area contributed by atoms with Crippen molar-refractivity contribution in [2.75, 3.05) is 20.8 Å². The SMILES string of the molecule is COC1=CCc2ccc(OC)c3c2C1=C(CCCN)CC3. The van der Waals surface area contributed by atoms with E-state index in [0.29, 0.717) is 0 Å². The van der Waals surface area contributed by atoms with Crippen LogP contribution in [0.1, 0.15) is 36.0 Å². The van der Waals surface area contributed by atoms with Gasteiger partial charge in [-0.1, -0.05) is 11.6 Å². The molecule has 0 fully saturated rings. The van der Waals surface area contributed by atoms with Gasteiger partial charge in [-0.3, -0.25) is 0 Å². The van der Waals surface area contributed by atoms with Crippen molar-refractivity contribution in [3.63, 3.8) is 0 Å². The van der Waals surface area contributed by atoms with Gasteiger partial charge in [0.25, 0.3) is 0 Å². The second-order valence-corrected chi connectivity index (χ2v) is 5.63. The van der Waals surface area contributed by atoms with Crippen molar-refractivity contribution in [3.8, 4) is 5.75 Å². The van der Waals surface area contributed by atoms with Crippen LogP contribution in [0.2, 0.25) is 0 Å². The number of benzene rings is 1. The van der Waals surface area contributed by atoms with Crippen LogP contribution in [0.4, 0.5) is 0 Å². The van der Waals surface area contributed by atoms with Crippen LogP contribution in [0.5, 0.6) is 5.75 Å². The third-order valence-corrected chi connectivity index (χ3v) is 4.51. The van der Waals surface area contributed by atoms with Crippen molar-refractivity contribution in [3.05, 3.63) is 46.2 Å². The molecule has 0 heterocycles. The number of nitrogens with two attached hydrogens (primary N) is 1. The quantitative estimate of drug-likeness (QED) is 0.903. The van der Waals surface area contributed by atoms with Crippen molar-refractivity contribution in [1.82, 2.24) is 0 Å². The van der Waals surface area contributed by atoms with E-state index in [2.05, 4.69) is 18.2 Å². The van der Waals surface area contributed by atoms with Crippen LogP contribution in [-0.4, -0.2) is 20.8 Å². The maximum Gasteiger partial charge on any atom is 0.123 e. The zero-order valence-electron chi connectivity index (χ0n) is 12.9. The van der Waals surface area contributed by atoms with Gasteiger partial charge in [-0.2, -0.15) is 0 Å². The predicted octanol–water partition coefficient (Wildman–Crippen LogP) is 3.22. The molecule has 0 bridgehead atoms. The molecule has 2 N–H and O–H groups in total. The minimum absolute atomic E-state index is 0.737. The molecule has 2 aliphatic rings. The summed E-state index contributed by atoms with van der Waals surface area (Å²) in [6, 6.07) is 4.29. The summed E-state index contributed by atoms with van der Waals surface area (Å²) < 4.78 is 11.2. The number of allylic oxidation sites excluding steroid dienone is 3. The molecule has 21 heavy (non-hydrogen) atoms. The van der Waals surface area contributed by atoms with Gasteiger partial charge in [0, 0.05) is 11.1 Å². The largest absolute Gasteiger partial charge is 0.496 e. The minimum atomic E-state index is 0.737. The number of rotatable bonds is 5. The fraction of sp³-hybridized carbons (Fsp3) is 0.444. The number of hydrogen-bond acceptors (Lipinski definition) is 3. The van der Waals surface area contributed by atoms with Crippen LogP contribution >= 0.6 is 0 Å². The Labute approximate surface area is 126 Å². The van der Waals surface area contributed by atoms with E-state index in [1.54, 1.807) is 14.2 Å². The number of methoxy groups -OCH3 is 2. The highest BCUT2D eigenvalue weighted by Gasteiger charge is 2.29. The second-order valence-electron chi connectivity index (χ2n) is 5.63. The third kappa shape index (κ3) is 2.36. The molecule has 0 amide bonds. The molecule has 1 aromatic rings. The van der Waals surface area contributed by atoms with Crippen LogP contribution in [0.15, 0.2) is 29.5 Å². The van der Waals surface area contributed by atoms with E-state index in [1.165, 1.54) is 27.8 Å². The molecule has 1 aromatic carbocycles. The molecule has 0 spiro atoms. The lowest BCUT2D eigenvalue weighted by Gasteiger charge is -2.30. The fourth-order valence-corrected chi connectivity index (χ4v) is 3.53. The molecule has 3 rings (SSSR count). The normalized spacial score (nSPS) is 16.4. The Kier molecular flexibility index (Phi) is 4.02. The molecule has 0 atom stereocenters. The van der Waals surface area contributed by atoms with Gasteiger partial charge in [-0.25, -0.2) is 0 Å². The van der Waals surface area contributed by atoms with Crippen LogP contribution in [-0.2, 0) is 17.6 Å². The lowest BCUT2D eigenvalue weighted by atomic mass is 9.77. The summed E-state index contributed by atoms with van der Waals surface area (Å²) in [7, 11) is 3.51. The molecular formula is C18H23NO2. The van der Waals surface area contributed by atoms with Crippen LogP contribution in [0.3, 0.4) is 0 Å². The van der Waals surface area contributed by atoms with E-state index < -0.39 is 0 Å². The summed E-state index contributed by atoms with van der Waals surface area (Å²) in [5, 5.41) is 0. The molecule has 3 heteroatoms. The Morgan fingerprint density at radius 1 is 1.14 bits per heavy atom. The van der Waals surface area contributed by atoms with Gasteiger partial charge in [0.2, 0.25) is 0 Å². The Morgan fingerprint density at radius 2 is 2.00 bits per heavy atom. The zero-order chi connectivity index (χ0) is 14.8. The standard InChI is InChI=1S/C18H23NO2/c1-20-15-9-6-13-7-10-16(21-2)18-12(4-3-11-19)5-8-14(15)17(13)18/h6,9-10H,3-5,7-8,11,19H2,1-2H3. The molecule has 0 unspecified atom stereocenters. The summed E-state index contributed by atoms with van der Waals surface area (Å²) in [5.41, 5.74) is 12.5. The topological polar surface area (TPSA) is 44.5 Å². The molecule has 0 aromatic heterocycles. The summed E-state index contributed by atoms with van der Waals surface area (Å²) in [4.78, 5) is 0. The molecule has 3 nitrogen and oxygen atoms in total.